The number of fused-ring (bicyclic) bond motifs is 4. The Morgan fingerprint density at radius 1 is 1.03 bits per heavy atom. The first-order valence-electron chi connectivity index (χ1n) is 11.9. The Morgan fingerprint density at radius 2 is 1.85 bits per heavy atom. The van der Waals surface area contributed by atoms with Gasteiger partial charge in [0.2, 0.25) is 0 Å². The highest BCUT2D eigenvalue weighted by Crippen LogP contribution is 2.52. The van der Waals surface area contributed by atoms with E-state index in [9.17, 15) is 9.50 Å². The second-order valence-corrected chi connectivity index (χ2v) is 9.89. The lowest BCUT2D eigenvalue weighted by Gasteiger charge is -2.56. The van der Waals surface area contributed by atoms with Gasteiger partial charge in [-0.2, -0.15) is 0 Å². The number of methoxy groups -OCH3 is 1. The van der Waals surface area contributed by atoms with Crippen LogP contribution in [0.1, 0.15) is 28.8 Å². The summed E-state index contributed by atoms with van der Waals surface area (Å²) in [5, 5.41) is 13.1. The lowest BCUT2D eigenvalue weighted by Crippen LogP contribution is -2.66. The van der Waals surface area contributed by atoms with Crippen LogP contribution in [0, 0.1) is 5.82 Å². The predicted molar refractivity (Wildman–Crippen MR) is 132 cm³/mol. The fraction of sp³-hybridized carbons (Fsp3) is 0.310. The van der Waals surface area contributed by atoms with Crippen molar-refractivity contribution in [3.63, 3.8) is 0 Å². The van der Waals surface area contributed by atoms with Gasteiger partial charge in [0.15, 0.2) is 0 Å². The van der Waals surface area contributed by atoms with E-state index < -0.39 is 11.0 Å². The standard InChI is InChI=1S/C29H29FN2O2/c1-34-22-10-5-9-21(15-22)28-13-14-32(18-20-7-3-2-4-8-20)19-29(28,33)16-23-26(17-28)31-25-12-6-11-24(30)27(23)25/h2-12,15,31,33H,13-14,16-19H2,1H3/t28-,29-/m0/s1. The summed E-state index contributed by atoms with van der Waals surface area (Å²) in [6, 6.07) is 23.7. The molecule has 2 atom stereocenters. The van der Waals surface area contributed by atoms with Crippen LogP contribution >= 0.6 is 0 Å². The van der Waals surface area contributed by atoms with E-state index in [2.05, 4.69) is 46.3 Å². The van der Waals surface area contributed by atoms with Crippen LogP contribution in [0.4, 0.5) is 4.39 Å². The van der Waals surface area contributed by atoms with Gasteiger partial charge in [0.25, 0.3) is 0 Å². The predicted octanol–water partition coefficient (Wildman–Crippen LogP) is 4.99. The summed E-state index contributed by atoms with van der Waals surface area (Å²) in [5.41, 5.74) is 3.53. The number of nitrogens with zero attached hydrogens (tertiary/aromatic N) is 1. The number of β-amino-alcohol motifs (C(OH)–C–C–N with tert-alkyl or cyclic N) is 1. The Hall–Kier alpha value is -3.15. The molecule has 2 heterocycles. The number of aromatic nitrogens is 1. The molecule has 0 radical (unpaired) electrons. The van der Waals surface area contributed by atoms with Crippen LogP contribution in [0.2, 0.25) is 0 Å². The summed E-state index contributed by atoms with van der Waals surface area (Å²) in [7, 11) is 1.67. The van der Waals surface area contributed by atoms with E-state index in [1.54, 1.807) is 13.2 Å². The van der Waals surface area contributed by atoms with Crippen LogP contribution in [0.5, 0.6) is 5.75 Å². The molecule has 0 saturated carbocycles. The Labute approximate surface area is 199 Å². The van der Waals surface area contributed by atoms with E-state index in [0.29, 0.717) is 24.8 Å². The van der Waals surface area contributed by atoms with Crippen molar-refractivity contribution in [3.8, 4) is 5.75 Å². The number of H-pyrrole nitrogens is 1. The molecule has 6 rings (SSSR count). The third-order valence-electron chi connectivity index (χ3n) is 8.02. The number of hydrogen-bond acceptors (Lipinski definition) is 3. The minimum atomic E-state index is -1.04. The Balaban J connectivity index is 1.47. The molecule has 2 N–H and O–H groups in total. The second-order valence-electron chi connectivity index (χ2n) is 9.89. The molecular weight excluding hydrogens is 427 g/mol. The molecule has 0 amide bonds. The summed E-state index contributed by atoms with van der Waals surface area (Å²) in [6.07, 6.45) is 1.85. The van der Waals surface area contributed by atoms with Crippen molar-refractivity contribution in [1.29, 1.82) is 0 Å². The van der Waals surface area contributed by atoms with E-state index in [0.717, 1.165) is 47.6 Å². The average Bonchev–Trinajstić information content (AvgIpc) is 3.20. The molecule has 1 aromatic heterocycles. The van der Waals surface area contributed by atoms with Gasteiger partial charge in [-0.1, -0.05) is 48.5 Å². The molecule has 3 aromatic carbocycles. The molecule has 1 saturated heterocycles. The maximum absolute atomic E-state index is 14.9. The number of aromatic amines is 1. The summed E-state index contributed by atoms with van der Waals surface area (Å²) >= 11 is 0. The number of benzene rings is 3. The molecule has 0 spiro atoms. The van der Waals surface area contributed by atoms with Crippen molar-refractivity contribution in [1.82, 2.24) is 9.88 Å². The van der Waals surface area contributed by atoms with Gasteiger partial charge in [-0.25, -0.2) is 4.39 Å². The zero-order valence-electron chi connectivity index (χ0n) is 19.4. The van der Waals surface area contributed by atoms with Crippen molar-refractivity contribution in [2.75, 3.05) is 20.2 Å². The maximum atomic E-state index is 14.9. The third kappa shape index (κ3) is 3.26. The molecule has 4 nitrogen and oxygen atoms in total. The lowest BCUT2D eigenvalue weighted by molar-refractivity contribution is -0.105. The quantitative estimate of drug-likeness (QED) is 0.455. The fourth-order valence-corrected chi connectivity index (χ4v) is 6.34. The highest BCUT2D eigenvalue weighted by atomic mass is 19.1. The van der Waals surface area contributed by atoms with E-state index in [4.69, 9.17) is 4.74 Å². The van der Waals surface area contributed by atoms with Crippen molar-refractivity contribution in [2.24, 2.45) is 0 Å². The zero-order chi connectivity index (χ0) is 23.3. The number of ether oxygens (including phenoxy) is 1. The molecule has 0 bridgehead atoms. The van der Waals surface area contributed by atoms with Crippen LogP contribution < -0.4 is 4.74 Å². The summed E-state index contributed by atoms with van der Waals surface area (Å²) in [5.74, 6) is 0.554. The van der Waals surface area contributed by atoms with E-state index in [1.165, 1.54) is 11.6 Å². The van der Waals surface area contributed by atoms with E-state index in [-0.39, 0.29) is 5.82 Å². The van der Waals surface area contributed by atoms with Crippen LogP contribution in [0.15, 0.2) is 72.8 Å². The number of halogens is 1. The van der Waals surface area contributed by atoms with Crippen molar-refractivity contribution in [2.45, 2.75) is 36.8 Å². The van der Waals surface area contributed by atoms with Crippen molar-refractivity contribution >= 4 is 10.9 Å². The molecule has 2 aliphatic rings. The van der Waals surface area contributed by atoms with Crippen molar-refractivity contribution in [3.05, 3.63) is 101 Å². The summed E-state index contributed by atoms with van der Waals surface area (Å²) < 4.78 is 20.4. The zero-order valence-corrected chi connectivity index (χ0v) is 19.4. The average molecular weight is 457 g/mol. The molecule has 1 aliphatic carbocycles. The first-order valence-corrected chi connectivity index (χ1v) is 11.9. The SMILES string of the molecule is COc1cccc([C@@]23CCN(Cc4ccccc4)C[C@@]2(O)Cc2c([nH]c4cccc(F)c24)C3)c1. The highest BCUT2D eigenvalue weighted by molar-refractivity contribution is 5.86. The van der Waals surface area contributed by atoms with Gasteiger partial charge in [0, 0.05) is 47.9 Å². The van der Waals surface area contributed by atoms with E-state index in [1.807, 2.05) is 24.3 Å². The molecule has 34 heavy (non-hydrogen) atoms. The first kappa shape index (κ1) is 21.4. The molecule has 174 valence electrons. The monoisotopic (exact) mass is 456 g/mol. The Kier molecular flexibility index (Phi) is 5.01. The van der Waals surface area contributed by atoms with Crippen molar-refractivity contribution < 1.29 is 14.2 Å². The number of piperidine rings is 1. The number of rotatable bonds is 4. The number of hydrogen-bond donors (Lipinski definition) is 2. The molecule has 5 heteroatoms. The molecule has 4 aromatic rings. The highest BCUT2D eigenvalue weighted by Gasteiger charge is 2.57. The van der Waals surface area contributed by atoms with Crippen LogP contribution in [-0.2, 0) is 24.8 Å². The van der Waals surface area contributed by atoms with Gasteiger partial charge in [-0.15, -0.1) is 0 Å². The summed E-state index contributed by atoms with van der Waals surface area (Å²) in [4.78, 5) is 5.82. The normalized spacial score (nSPS) is 24.6. The fourth-order valence-electron chi connectivity index (χ4n) is 6.34. The Bertz CT molecular complexity index is 1350. The topological polar surface area (TPSA) is 48.5 Å². The molecule has 1 fully saturated rings. The van der Waals surface area contributed by atoms with E-state index >= 15 is 0 Å². The van der Waals surface area contributed by atoms with Gasteiger partial charge in [0.05, 0.1) is 12.7 Å². The molecular formula is C29H29FN2O2. The smallest absolute Gasteiger partial charge is 0.132 e. The minimum absolute atomic E-state index is 0.232. The summed E-state index contributed by atoms with van der Waals surface area (Å²) in [6.45, 7) is 2.18. The number of nitrogens with one attached hydrogen (secondary N) is 1. The number of likely N-dealkylation sites (tertiary alicyclic amines) is 1. The van der Waals surface area contributed by atoms with Crippen LogP contribution in [0.3, 0.4) is 0 Å². The second kappa shape index (κ2) is 7.97. The molecule has 0 unspecified atom stereocenters. The Morgan fingerprint density at radius 3 is 2.68 bits per heavy atom. The van der Waals surface area contributed by atoms with Gasteiger partial charge < -0.3 is 14.8 Å². The minimum Gasteiger partial charge on any atom is -0.497 e. The van der Waals surface area contributed by atoms with Crippen LogP contribution in [-0.4, -0.2) is 40.8 Å². The van der Waals surface area contributed by atoms with Gasteiger partial charge >= 0.3 is 0 Å². The number of aliphatic hydroxyl groups is 1. The lowest BCUT2D eigenvalue weighted by atomic mass is 9.56. The van der Waals surface area contributed by atoms with Gasteiger partial charge in [-0.05, 0) is 53.9 Å². The largest absolute Gasteiger partial charge is 0.497 e. The maximum Gasteiger partial charge on any atom is 0.132 e. The molecule has 1 aliphatic heterocycles. The van der Waals surface area contributed by atoms with Crippen LogP contribution in [0.25, 0.3) is 10.9 Å². The first-order chi connectivity index (χ1) is 16.5. The van der Waals surface area contributed by atoms with Gasteiger partial charge in [0.1, 0.15) is 11.6 Å². The third-order valence-corrected chi connectivity index (χ3v) is 8.02. The van der Waals surface area contributed by atoms with Gasteiger partial charge in [-0.3, -0.25) is 4.90 Å².